The van der Waals surface area contributed by atoms with E-state index in [0.29, 0.717) is 11.3 Å². The Labute approximate surface area is 126 Å². The third kappa shape index (κ3) is 4.32. The Balaban J connectivity index is 1.78. The molecule has 0 saturated carbocycles. The fourth-order valence-electron chi connectivity index (χ4n) is 1.75. The van der Waals surface area contributed by atoms with Gasteiger partial charge in [-0.25, -0.2) is 0 Å². The van der Waals surface area contributed by atoms with E-state index in [-0.39, 0.29) is 30.5 Å². The summed E-state index contributed by atoms with van der Waals surface area (Å²) < 4.78 is 0. The highest BCUT2D eigenvalue weighted by Crippen LogP contribution is 2.23. The van der Waals surface area contributed by atoms with Gasteiger partial charge in [0, 0.05) is 23.9 Å². The lowest BCUT2D eigenvalue weighted by atomic mass is 10.2. The first-order valence-electron chi connectivity index (χ1n) is 6.46. The fourth-order valence-corrected chi connectivity index (χ4v) is 2.38. The summed E-state index contributed by atoms with van der Waals surface area (Å²) in [6.07, 6.45) is 0.142. The largest absolute Gasteiger partial charge is 0.506 e. The number of thiophene rings is 1. The van der Waals surface area contributed by atoms with Gasteiger partial charge in [0.15, 0.2) is 0 Å². The van der Waals surface area contributed by atoms with Crippen LogP contribution < -0.4 is 10.6 Å². The Bertz CT molecular complexity index is 638. The first-order chi connectivity index (χ1) is 10.1. The summed E-state index contributed by atoms with van der Waals surface area (Å²) in [5, 5.41) is 18.5. The second-order valence-corrected chi connectivity index (χ2v) is 5.37. The number of hydrogen-bond acceptors (Lipinski definition) is 4. The number of phenols is 1. The van der Waals surface area contributed by atoms with Crippen molar-refractivity contribution in [1.29, 1.82) is 0 Å². The SMILES string of the molecule is Cc1ccc(NC(=O)CCNC(=O)c2ccsc2)c(O)c1. The fraction of sp³-hybridized carbons (Fsp3) is 0.200. The first-order valence-corrected chi connectivity index (χ1v) is 7.40. The van der Waals surface area contributed by atoms with E-state index in [1.165, 1.54) is 11.3 Å². The first kappa shape index (κ1) is 15.1. The number of nitrogens with one attached hydrogen (secondary N) is 2. The van der Waals surface area contributed by atoms with Crippen molar-refractivity contribution in [3.05, 3.63) is 46.2 Å². The Morgan fingerprint density at radius 3 is 2.76 bits per heavy atom. The highest BCUT2D eigenvalue weighted by Gasteiger charge is 2.08. The third-order valence-corrected chi connectivity index (χ3v) is 3.53. The van der Waals surface area contributed by atoms with Crippen molar-refractivity contribution in [2.75, 3.05) is 11.9 Å². The Kier molecular flexibility index (Phi) is 4.94. The molecule has 2 amide bonds. The van der Waals surface area contributed by atoms with Crippen LogP contribution >= 0.6 is 11.3 Å². The Morgan fingerprint density at radius 2 is 2.10 bits per heavy atom. The normalized spacial score (nSPS) is 10.1. The molecule has 3 N–H and O–H groups in total. The van der Waals surface area contributed by atoms with E-state index in [4.69, 9.17) is 0 Å². The topological polar surface area (TPSA) is 78.4 Å². The average Bonchev–Trinajstić information content (AvgIpc) is 2.96. The smallest absolute Gasteiger partial charge is 0.252 e. The van der Waals surface area contributed by atoms with Crippen LogP contribution in [0, 0.1) is 6.92 Å². The molecule has 1 heterocycles. The van der Waals surface area contributed by atoms with Crippen LogP contribution in [0.1, 0.15) is 22.3 Å². The van der Waals surface area contributed by atoms with Gasteiger partial charge in [0.1, 0.15) is 5.75 Å². The summed E-state index contributed by atoms with van der Waals surface area (Å²) in [5.41, 5.74) is 1.87. The number of carbonyl (C=O) groups excluding carboxylic acids is 2. The zero-order valence-electron chi connectivity index (χ0n) is 11.6. The van der Waals surface area contributed by atoms with Crippen LogP contribution in [0.2, 0.25) is 0 Å². The summed E-state index contributed by atoms with van der Waals surface area (Å²) in [6, 6.07) is 6.75. The average molecular weight is 304 g/mol. The van der Waals surface area contributed by atoms with Gasteiger partial charge in [-0.15, -0.1) is 0 Å². The Morgan fingerprint density at radius 1 is 1.29 bits per heavy atom. The highest BCUT2D eigenvalue weighted by atomic mass is 32.1. The van der Waals surface area contributed by atoms with Crippen molar-refractivity contribution >= 4 is 28.8 Å². The molecule has 0 spiro atoms. The maximum Gasteiger partial charge on any atom is 0.252 e. The van der Waals surface area contributed by atoms with Gasteiger partial charge in [-0.3, -0.25) is 9.59 Å². The molecule has 1 aromatic heterocycles. The molecular weight excluding hydrogens is 288 g/mol. The molecule has 6 heteroatoms. The van der Waals surface area contributed by atoms with Gasteiger partial charge in [0.25, 0.3) is 5.91 Å². The molecule has 5 nitrogen and oxygen atoms in total. The lowest BCUT2D eigenvalue weighted by Crippen LogP contribution is -2.27. The summed E-state index contributed by atoms with van der Waals surface area (Å²) in [5.74, 6) is -0.423. The molecular formula is C15H16N2O3S. The van der Waals surface area contributed by atoms with E-state index in [2.05, 4.69) is 10.6 Å². The zero-order valence-corrected chi connectivity index (χ0v) is 12.4. The van der Waals surface area contributed by atoms with Crippen LogP contribution in [-0.2, 0) is 4.79 Å². The highest BCUT2D eigenvalue weighted by molar-refractivity contribution is 7.08. The molecule has 0 bridgehead atoms. The van der Waals surface area contributed by atoms with Crippen molar-refractivity contribution in [2.45, 2.75) is 13.3 Å². The lowest BCUT2D eigenvalue weighted by Gasteiger charge is -2.08. The summed E-state index contributed by atoms with van der Waals surface area (Å²) in [4.78, 5) is 23.4. The second kappa shape index (κ2) is 6.90. The summed E-state index contributed by atoms with van der Waals surface area (Å²) in [6.45, 7) is 2.10. The van der Waals surface area contributed by atoms with Gasteiger partial charge in [0.05, 0.1) is 5.69 Å². The predicted molar refractivity (Wildman–Crippen MR) is 82.7 cm³/mol. The van der Waals surface area contributed by atoms with Gasteiger partial charge >= 0.3 is 0 Å². The number of benzene rings is 1. The molecule has 0 fully saturated rings. The molecule has 2 rings (SSSR count). The summed E-state index contributed by atoms with van der Waals surface area (Å²) >= 11 is 1.44. The number of amides is 2. The molecule has 0 aliphatic heterocycles. The number of hydrogen-bond donors (Lipinski definition) is 3. The monoisotopic (exact) mass is 304 g/mol. The molecule has 1 aromatic carbocycles. The van der Waals surface area contributed by atoms with Gasteiger partial charge in [-0.05, 0) is 36.1 Å². The maximum absolute atomic E-state index is 11.7. The number of phenolic OH excluding ortho intramolecular Hbond substituents is 1. The molecule has 110 valence electrons. The molecule has 0 radical (unpaired) electrons. The Hall–Kier alpha value is -2.34. The minimum atomic E-state index is -0.264. The van der Waals surface area contributed by atoms with Crippen LogP contribution in [-0.4, -0.2) is 23.5 Å². The van der Waals surface area contributed by atoms with E-state index in [1.807, 2.05) is 12.3 Å². The predicted octanol–water partition coefficient (Wildman–Crippen LogP) is 2.52. The number of aryl methyl sites for hydroxylation is 1. The quantitative estimate of drug-likeness (QED) is 0.743. The van der Waals surface area contributed by atoms with E-state index in [9.17, 15) is 14.7 Å². The standard InChI is InChI=1S/C15H16N2O3S/c1-10-2-3-12(13(18)8-10)17-14(19)4-6-16-15(20)11-5-7-21-9-11/h2-3,5,7-9,18H,4,6H2,1H3,(H,16,20)(H,17,19). The van der Waals surface area contributed by atoms with Crippen molar-refractivity contribution in [1.82, 2.24) is 5.32 Å². The number of rotatable bonds is 5. The van der Waals surface area contributed by atoms with Crippen LogP contribution in [0.3, 0.4) is 0 Å². The molecule has 21 heavy (non-hydrogen) atoms. The second-order valence-electron chi connectivity index (χ2n) is 4.59. The molecule has 0 unspecified atom stereocenters. The molecule has 2 aromatic rings. The van der Waals surface area contributed by atoms with E-state index in [1.54, 1.807) is 29.6 Å². The lowest BCUT2D eigenvalue weighted by molar-refractivity contribution is -0.116. The number of aromatic hydroxyl groups is 1. The van der Waals surface area contributed by atoms with E-state index >= 15 is 0 Å². The van der Waals surface area contributed by atoms with Gasteiger partial charge < -0.3 is 15.7 Å². The molecule has 0 aliphatic rings. The van der Waals surface area contributed by atoms with Crippen LogP contribution in [0.5, 0.6) is 5.75 Å². The summed E-state index contributed by atoms with van der Waals surface area (Å²) in [7, 11) is 0. The van der Waals surface area contributed by atoms with E-state index in [0.717, 1.165) is 5.56 Å². The van der Waals surface area contributed by atoms with Gasteiger partial charge in [-0.1, -0.05) is 6.07 Å². The van der Waals surface area contributed by atoms with Crippen molar-refractivity contribution in [3.63, 3.8) is 0 Å². The van der Waals surface area contributed by atoms with Gasteiger partial charge in [-0.2, -0.15) is 11.3 Å². The molecule has 0 atom stereocenters. The zero-order chi connectivity index (χ0) is 15.2. The van der Waals surface area contributed by atoms with Crippen molar-refractivity contribution in [3.8, 4) is 5.75 Å². The maximum atomic E-state index is 11.7. The molecule has 0 aliphatic carbocycles. The minimum absolute atomic E-state index is 0.0330. The van der Waals surface area contributed by atoms with Crippen molar-refractivity contribution in [2.24, 2.45) is 0 Å². The third-order valence-electron chi connectivity index (χ3n) is 2.85. The van der Waals surface area contributed by atoms with Gasteiger partial charge in [0.2, 0.25) is 5.91 Å². The number of anilines is 1. The minimum Gasteiger partial charge on any atom is -0.506 e. The van der Waals surface area contributed by atoms with Crippen LogP contribution in [0.4, 0.5) is 5.69 Å². The van der Waals surface area contributed by atoms with Crippen LogP contribution in [0.15, 0.2) is 35.0 Å². The van der Waals surface area contributed by atoms with Crippen LogP contribution in [0.25, 0.3) is 0 Å². The van der Waals surface area contributed by atoms with Crippen molar-refractivity contribution < 1.29 is 14.7 Å². The molecule has 0 saturated heterocycles. The van der Waals surface area contributed by atoms with E-state index < -0.39 is 0 Å². The number of carbonyl (C=O) groups is 2.